The summed E-state index contributed by atoms with van der Waals surface area (Å²) in [7, 11) is 0. The Hall–Kier alpha value is -4.50. The molecule has 2 aliphatic rings. The monoisotopic (exact) mass is 672 g/mol. The van der Waals surface area contributed by atoms with Gasteiger partial charge in [-0.2, -0.15) is 9.97 Å². The molecule has 0 spiro atoms. The molecular formula is C32H48N8O8. The molecule has 0 radical (unpaired) electrons. The Morgan fingerprint density at radius 2 is 0.792 bits per heavy atom. The molecule has 4 heterocycles. The van der Waals surface area contributed by atoms with Gasteiger partial charge in [0.15, 0.2) is 11.6 Å². The van der Waals surface area contributed by atoms with Crippen molar-refractivity contribution in [2.24, 2.45) is 0 Å². The van der Waals surface area contributed by atoms with Crippen LogP contribution in [0.2, 0.25) is 0 Å². The maximum atomic E-state index is 11.6. The minimum Gasteiger partial charge on any atom is -0.464 e. The Labute approximate surface area is 281 Å². The van der Waals surface area contributed by atoms with Crippen LogP contribution in [0.15, 0.2) is 0 Å². The second-order valence-corrected chi connectivity index (χ2v) is 11.8. The number of ether oxygens (including phenoxy) is 4. The lowest BCUT2D eigenvalue weighted by atomic mass is 10.1. The highest BCUT2D eigenvalue weighted by molar-refractivity contribution is 5.95. The van der Waals surface area contributed by atoms with Crippen LogP contribution in [0, 0.1) is 0 Å². The van der Waals surface area contributed by atoms with Gasteiger partial charge in [-0.3, -0.25) is 19.2 Å². The number of hydrogen-bond acceptors (Lipinski definition) is 16. The van der Waals surface area contributed by atoms with Gasteiger partial charge in [0, 0.05) is 53.9 Å². The van der Waals surface area contributed by atoms with E-state index in [4.69, 9.17) is 38.9 Å². The van der Waals surface area contributed by atoms with Crippen molar-refractivity contribution in [3.05, 3.63) is 0 Å². The summed E-state index contributed by atoms with van der Waals surface area (Å²) < 4.78 is 21.0. The summed E-state index contributed by atoms with van der Waals surface area (Å²) >= 11 is 0. The van der Waals surface area contributed by atoms with Crippen LogP contribution in [-0.4, -0.2) is 123 Å². The third-order valence-electron chi connectivity index (χ3n) is 8.03. The van der Waals surface area contributed by atoms with Crippen molar-refractivity contribution in [1.29, 1.82) is 0 Å². The number of carbonyl (C=O) groups excluding carboxylic acids is 4. The molecule has 4 rings (SSSR count). The van der Waals surface area contributed by atoms with Crippen molar-refractivity contribution in [2.45, 2.75) is 66.2 Å². The van der Waals surface area contributed by atoms with E-state index in [0.717, 1.165) is 64.7 Å². The Morgan fingerprint density at radius 3 is 1.06 bits per heavy atom. The van der Waals surface area contributed by atoms with Crippen LogP contribution in [0.5, 0.6) is 0 Å². The van der Waals surface area contributed by atoms with Crippen molar-refractivity contribution in [2.75, 3.05) is 98.4 Å². The first-order chi connectivity index (χ1) is 23.1. The third-order valence-corrected chi connectivity index (χ3v) is 8.03. The predicted octanol–water partition coefficient (Wildman–Crippen LogP) is 2.27. The number of carbonyl (C=O) groups is 4. The molecule has 0 aromatic carbocycles. The summed E-state index contributed by atoms with van der Waals surface area (Å²) in [5, 5.41) is 0. The topological polar surface area (TPSA) is 170 Å². The lowest BCUT2D eigenvalue weighted by Crippen LogP contribution is -2.37. The first kappa shape index (κ1) is 36.3. The number of hydrogen-bond donors (Lipinski definition) is 0. The lowest BCUT2D eigenvalue weighted by Gasteiger charge is -2.33. The zero-order chi connectivity index (χ0) is 34.5. The van der Waals surface area contributed by atoms with Gasteiger partial charge in [0.25, 0.3) is 0 Å². The molecule has 48 heavy (non-hydrogen) atoms. The molecule has 0 N–H and O–H groups in total. The Kier molecular flexibility index (Phi) is 13.7. The first-order valence-corrected chi connectivity index (χ1v) is 16.8. The van der Waals surface area contributed by atoms with Crippen LogP contribution in [0.1, 0.15) is 66.2 Å². The minimum atomic E-state index is -0.399. The summed E-state index contributed by atoms with van der Waals surface area (Å²) in [6.45, 7) is 10.1. The average molecular weight is 673 g/mol. The highest BCUT2D eigenvalue weighted by atomic mass is 16.5. The number of anilines is 4. The fraction of sp³-hybridized carbons (Fsp3) is 0.688. The van der Waals surface area contributed by atoms with Gasteiger partial charge in [-0.1, -0.05) is 0 Å². The van der Waals surface area contributed by atoms with Crippen molar-refractivity contribution in [1.82, 2.24) is 19.9 Å². The molecule has 2 aromatic rings. The number of aromatic nitrogens is 4. The van der Waals surface area contributed by atoms with Crippen LogP contribution in [0.3, 0.4) is 0 Å². The fourth-order valence-corrected chi connectivity index (χ4v) is 5.72. The standard InChI is InChI=1S/C32H48N8O8/c1-23(41)45-19-15-39(16-20-46-24(2)42)31-33-27-28(29(35-31)37-11-7-5-8-12-37)34-32(36-30(27)38-13-9-6-10-14-38)40(17-21-47-25(3)43)18-22-48-26(4)44/h5-22H2,1-4H3. The molecule has 264 valence electrons. The quantitative estimate of drug-likeness (QED) is 0.188. The Morgan fingerprint density at radius 1 is 0.500 bits per heavy atom. The normalized spacial score (nSPS) is 14.8. The predicted molar refractivity (Wildman–Crippen MR) is 178 cm³/mol. The number of nitrogens with zero attached hydrogens (tertiary/aromatic N) is 8. The molecule has 0 bridgehead atoms. The van der Waals surface area contributed by atoms with Gasteiger partial charge in [-0.15, -0.1) is 0 Å². The van der Waals surface area contributed by atoms with Crippen LogP contribution in [0.25, 0.3) is 11.0 Å². The van der Waals surface area contributed by atoms with Crippen molar-refractivity contribution >= 4 is 58.4 Å². The van der Waals surface area contributed by atoms with E-state index in [-0.39, 0.29) is 52.6 Å². The van der Waals surface area contributed by atoms with Gasteiger partial charge in [-0.05, 0) is 38.5 Å². The highest BCUT2D eigenvalue weighted by Crippen LogP contribution is 2.34. The fourth-order valence-electron chi connectivity index (χ4n) is 5.72. The van der Waals surface area contributed by atoms with E-state index in [1.165, 1.54) is 27.7 Å². The number of fused-ring (bicyclic) bond motifs is 1. The summed E-state index contributed by atoms with van der Waals surface area (Å²) in [6.07, 6.45) is 6.22. The third kappa shape index (κ3) is 10.8. The molecule has 0 unspecified atom stereocenters. The molecule has 2 aromatic heterocycles. The maximum absolute atomic E-state index is 11.6. The zero-order valence-corrected chi connectivity index (χ0v) is 28.6. The van der Waals surface area contributed by atoms with E-state index >= 15 is 0 Å². The molecule has 2 saturated heterocycles. The second-order valence-electron chi connectivity index (χ2n) is 11.8. The number of rotatable bonds is 16. The summed E-state index contributed by atoms with van der Waals surface area (Å²) in [6, 6.07) is 0. The van der Waals surface area contributed by atoms with Gasteiger partial charge in [0.05, 0.1) is 26.2 Å². The van der Waals surface area contributed by atoms with Crippen LogP contribution in [0.4, 0.5) is 23.5 Å². The summed E-state index contributed by atoms with van der Waals surface area (Å²) in [4.78, 5) is 74.7. The Bertz CT molecular complexity index is 1270. The molecular weight excluding hydrogens is 624 g/mol. The minimum absolute atomic E-state index is 0.101. The smallest absolute Gasteiger partial charge is 0.302 e. The highest BCUT2D eigenvalue weighted by Gasteiger charge is 2.27. The van der Waals surface area contributed by atoms with Gasteiger partial charge in [-0.25, -0.2) is 9.97 Å². The molecule has 2 aliphatic heterocycles. The van der Waals surface area contributed by atoms with E-state index in [2.05, 4.69) is 9.80 Å². The van der Waals surface area contributed by atoms with Gasteiger partial charge >= 0.3 is 23.9 Å². The van der Waals surface area contributed by atoms with Crippen LogP contribution in [-0.2, 0) is 38.1 Å². The van der Waals surface area contributed by atoms with E-state index in [9.17, 15) is 19.2 Å². The van der Waals surface area contributed by atoms with E-state index in [0.29, 0.717) is 34.6 Å². The molecule has 2 fully saturated rings. The molecule has 0 amide bonds. The van der Waals surface area contributed by atoms with Gasteiger partial charge < -0.3 is 38.5 Å². The molecule has 16 nitrogen and oxygen atoms in total. The van der Waals surface area contributed by atoms with Crippen molar-refractivity contribution in [3.63, 3.8) is 0 Å². The van der Waals surface area contributed by atoms with E-state index < -0.39 is 23.9 Å². The second kappa shape index (κ2) is 18.2. The van der Waals surface area contributed by atoms with E-state index in [1.54, 1.807) is 0 Å². The van der Waals surface area contributed by atoms with Crippen molar-refractivity contribution < 1.29 is 38.1 Å². The number of esters is 4. The first-order valence-electron chi connectivity index (χ1n) is 16.8. The largest absolute Gasteiger partial charge is 0.464 e. The SMILES string of the molecule is CC(=O)OCCN(CCOC(C)=O)c1nc(N2CCCCC2)c2nc(N(CCOC(C)=O)CCOC(C)=O)nc(N3CCCCC3)c2n1. The summed E-state index contributed by atoms with van der Waals surface area (Å²) in [5.41, 5.74) is 1.16. The average Bonchev–Trinajstić information content (AvgIpc) is 3.06. The molecule has 0 saturated carbocycles. The van der Waals surface area contributed by atoms with Gasteiger partial charge in [0.1, 0.15) is 37.5 Å². The van der Waals surface area contributed by atoms with Crippen molar-refractivity contribution in [3.8, 4) is 0 Å². The Balaban J connectivity index is 1.87. The van der Waals surface area contributed by atoms with Crippen LogP contribution >= 0.6 is 0 Å². The maximum Gasteiger partial charge on any atom is 0.302 e. The van der Waals surface area contributed by atoms with Gasteiger partial charge in [0.2, 0.25) is 11.9 Å². The zero-order valence-electron chi connectivity index (χ0n) is 28.6. The molecule has 16 heteroatoms. The summed E-state index contributed by atoms with van der Waals surface area (Å²) in [5.74, 6) is 0.486. The van der Waals surface area contributed by atoms with E-state index in [1.807, 2.05) is 9.80 Å². The van der Waals surface area contributed by atoms with Crippen LogP contribution < -0.4 is 19.6 Å². The molecule has 0 aliphatic carbocycles. The number of piperidine rings is 2. The molecule has 0 atom stereocenters. The lowest BCUT2D eigenvalue weighted by molar-refractivity contribution is -0.142.